The Hall–Kier alpha value is -3.47. The lowest BCUT2D eigenvalue weighted by molar-refractivity contribution is -0.140. The Kier molecular flexibility index (Phi) is 11.8. The summed E-state index contributed by atoms with van der Waals surface area (Å²) in [4.78, 5) is 29.7. The van der Waals surface area contributed by atoms with Crippen molar-refractivity contribution in [2.45, 2.75) is 44.2 Å². The molecule has 7 nitrogen and oxygen atoms in total. The first-order valence-corrected chi connectivity index (χ1v) is 17.3. The molecule has 0 saturated carbocycles. The number of carbonyl (C=O) groups excluding carboxylic acids is 2. The summed E-state index contributed by atoms with van der Waals surface area (Å²) >= 11 is 6.87. The van der Waals surface area contributed by atoms with Gasteiger partial charge < -0.3 is 10.2 Å². The van der Waals surface area contributed by atoms with Gasteiger partial charge in [-0.05, 0) is 73.0 Å². The summed E-state index contributed by atoms with van der Waals surface area (Å²) in [5.41, 5.74) is 2.94. The topological polar surface area (TPSA) is 86.8 Å². The second kappa shape index (κ2) is 15.5. The molecule has 0 aliphatic carbocycles. The first kappa shape index (κ1) is 33.4. The minimum absolute atomic E-state index is 0.0693. The number of nitrogens with zero attached hydrogens (tertiary/aromatic N) is 2. The Balaban J connectivity index is 1.78. The number of sulfonamides is 1. The van der Waals surface area contributed by atoms with Gasteiger partial charge in [-0.15, -0.1) is 0 Å². The maximum absolute atomic E-state index is 14.4. The van der Waals surface area contributed by atoms with E-state index in [1.165, 1.54) is 17.0 Å². The molecule has 0 aromatic heterocycles. The highest BCUT2D eigenvalue weighted by molar-refractivity contribution is 9.10. The molecule has 0 saturated heterocycles. The maximum atomic E-state index is 14.4. The van der Waals surface area contributed by atoms with Crippen LogP contribution >= 0.6 is 31.9 Å². The summed E-state index contributed by atoms with van der Waals surface area (Å²) in [5.74, 6) is -0.795. The predicted octanol–water partition coefficient (Wildman–Crippen LogP) is 6.88. The molecule has 0 bridgehead atoms. The number of halogens is 2. The first-order chi connectivity index (χ1) is 21.1. The van der Waals surface area contributed by atoms with E-state index < -0.39 is 28.5 Å². The van der Waals surface area contributed by atoms with Gasteiger partial charge >= 0.3 is 0 Å². The maximum Gasteiger partial charge on any atom is 0.264 e. The van der Waals surface area contributed by atoms with Gasteiger partial charge in [0.1, 0.15) is 12.6 Å². The van der Waals surface area contributed by atoms with Crippen LogP contribution in [0.2, 0.25) is 0 Å². The number of nitrogens with one attached hydrogen (secondary N) is 1. The second-order valence-electron chi connectivity index (χ2n) is 10.4. The molecule has 1 unspecified atom stereocenters. The molecule has 230 valence electrons. The molecule has 0 heterocycles. The van der Waals surface area contributed by atoms with Crippen LogP contribution in [-0.4, -0.2) is 44.3 Å². The summed E-state index contributed by atoms with van der Waals surface area (Å²) in [6, 6.07) is 29.4. The molecule has 1 atom stereocenters. The fourth-order valence-corrected chi connectivity index (χ4v) is 6.62. The van der Waals surface area contributed by atoms with Crippen LogP contribution in [0, 0.1) is 6.92 Å². The zero-order valence-corrected chi connectivity index (χ0v) is 28.6. The zero-order chi connectivity index (χ0) is 31.7. The van der Waals surface area contributed by atoms with E-state index in [9.17, 15) is 18.0 Å². The van der Waals surface area contributed by atoms with Gasteiger partial charge in [-0.3, -0.25) is 13.9 Å². The van der Waals surface area contributed by atoms with E-state index in [2.05, 4.69) is 37.2 Å². The van der Waals surface area contributed by atoms with Gasteiger partial charge in [-0.1, -0.05) is 98.9 Å². The minimum atomic E-state index is -4.15. The van der Waals surface area contributed by atoms with E-state index in [0.717, 1.165) is 36.4 Å². The third-order valence-electron chi connectivity index (χ3n) is 7.09. The van der Waals surface area contributed by atoms with E-state index in [1.807, 2.05) is 68.4 Å². The lowest BCUT2D eigenvalue weighted by atomic mass is 10.0. The van der Waals surface area contributed by atoms with Crippen molar-refractivity contribution < 1.29 is 18.0 Å². The number of aryl methyl sites for hydroxylation is 1. The molecule has 44 heavy (non-hydrogen) atoms. The lowest BCUT2D eigenvalue weighted by Gasteiger charge is -2.34. The van der Waals surface area contributed by atoms with Gasteiger partial charge in [0, 0.05) is 28.5 Å². The number of benzene rings is 4. The average Bonchev–Trinajstić information content (AvgIpc) is 3.02. The minimum Gasteiger partial charge on any atom is -0.354 e. The van der Waals surface area contributed by atoms with Crippen LogP contribution in [-0.2, 0) is 32.6 Å². The molecular formula is C34H35Br2N3O4S. The smallest absolute Gasteiger partial charge is 0.264 e. The van der Waals surface area contributed by atoms with Crippen LogP contribution in [0.25, 0.3) is 0 Å². The van der Waals surface area contributed by atoms with Crippen molar-refractivity contribution in [2.75, 3.05) is 17.4 Å². The van der Waals surface area contributed by atoms with Crippen molar-refractivity contribution in [3.8, 4) is 0 Å². The quantitative estimate of drug-likeness (QED) is 0.162. The van der Waals surface area contributed by atoms with Crippen molar-refractivity contribution in [1.82, 2.24) is 10.2 Å². The first-order valence-electron chi connectivity index (χ1n) is 14.3. The Morgan fingerprint density at radius 3 is 1.98 bits per heavy atom. The van der Waals surface area contributed by atoms with Gasteiger partial charge in [-0.2, -0.15) is 0 Å². The number of amides is 2. The molecule has 4 aromatic rings. The van der Waals surface area contributed by atoms with E-state index in [1.54, 1.807) is 36.4 Å². The molecular weight excluding hydrogens is 706 g/mol. The third kappa shape index (κ3) is 8.80. The fraction of sp³-hybridized carbons (Fsp3) is 0.235. The number of hydrogen-bond donors (Lipinski definition) is 1. The summed E-state index contributed by atoms with van der Waals surface area (Å²) in [6.07, 6.45) is 0.998. The number of hydrogen-bond acceptors (Lipinski definition) is 4. The third-order valence-corrected chi connectivity index (χ3v) is 9.93. The highest BCUT2D eigenvalue weighted by Crippen LogP contribution is 2.27. The molecule has 2 amide bonds. The highest BCUT2D eigenvalue weighted by Gasteiger charge is 2.34. The molecule has 4 rings (SSSR count). The predicted molar refractivity (Wildman–Crippen MR) is 182 cm³/mol. The van der Waals surface area contributed by atoms with Crippen molar-refractivity contribution in [3.05, 3.63) is 129 Å². The molecule has 0 aliphatic rings. The van der Waals surface area contributed by atoms with Crippen molar-refractivity contribution in [1.29, 1.82) is 0 Å². The van der Waals surface area contributed by atoms with Gasteiger partial charge in [0.15, 0.2) is 0 Å². The molecule has 1 N–H and O–H groups in total. The van der Waals surface area contributed by atoms with Crippen LogP contribution in [0.3, 0.4) is 0 Å². The van der Waals surface area contributed by atoms with Gasteiger partial charge in [0.05, 0.1) is 10.6 Å². The summed E-state index contributed by atoms with van der Waals surface area (Å²) in [7, 11) is -4.15. The molecule has 0 aliphatic heterocycles. The van der Waals surface area contributed by atoms with E-state index in [4.69, 9.17) is 0 Å². The fourth-order valence-electron chi connectivity index (χ4n) is 4.68. The van der Waals surface area contributed by atoms with Gasteiger partial charge in [0.25, 0.3) is 10.0 Å². The van der Waals surface area contributed by atoms with E-state index >= 15 is 0 Å². The van der Waals surface area contributed by atoms with Crippen molar-refractivity contribution in [2.24, 2.45) is 0 Å². The van der Waals surface area contributed by atoms with Gasteiger partial charge in [0.2, 0.25) is 11.8 Å². The monoisotopic (exact) mass is 739 g/mol. The molecule has 0 spiro atoms. The van der Waals surface area contributed by atoms with Crippen molar-refractivity contribution in [3.63, 3.8) is 0 Å². The standard InChI is InChI=1S/C34H35Br2N3O4S/c1-3-21-37-34(41)32(22-26-7-5-4-6-8-26)38(23-27-11-13-28(35)14-12-27)33(40)24-39(30-17-15-29(36)16-18-30)44(42,43)31-19-9-25(2)10-20-31/h4-20,32H,3,21-24H2,1-2H3,(H,37,41). The van der Waals surface area contributed by atoms with E-state index in [0.29, 0.717) is 12.2 Å². The summed E-state index contributed by atoms with van der Waals surface area (Å²) in [6.45, 7) is 3.91. The molecule has 4 aromatic carbocycles. The Labute approximate surface area is 276 Å². The van der Waals surface area contributed by atoms with Crippen LogP contribution in [0.1, 0.15) is 30.0 Å². The SMILES string of the molecule is CCCNC(=O)C(Cc1ccccc1)N(Cc1ccc(Br)cc1)C(=O)CN(c1ccc(Br)cc1)S(=O)(=O)c1ccc(C)cc1. The normalized spacial score (nSPS) is 11.9. The number of anilines is 1. The van der Waals surface area contributed by atoms with Crippen molar-refractivity contribution >= 4 is 59.4 Å². The van der Waals surface area contributed by atoms with E-state index in [-0.39, 0.29) is 23.8 Å². The van der Waals surface area contributed by atoms with Gasteiger partial charge in [-0.25, -0.2) is 8.42 Å². The Morgan fingerprint density at radius 2 is 1.39 bits per heavy atom. The van der Waals surface area contributed by atoms with Crippen LogP contribution < -0.4 is 9.62 Å². The summed E-state index contributed by atoms with van der Waals surface area (Å²) < 4.78 is 30.9. The molecule has 10 heteroatoms. The number of carbonyl (C=O) groups is 2. The Bertz CT molecular complexity index is 1650. The molecule has 0 fully saturated rings. The van der Waals surface area contributed by atoms with Crippen LogP contribution in [0.5, 0.6) is 0 Å². The molecule has 0 radical (unpaired) electrons. The lowest BCUT2D eigenvalue weighted by Crippen LogP contribution is -2.53. The second-order valence-corrected chi connectivity index (χ2v) is 14.1. The highest BCUT2D eigenvalue weighted by atomic mass is 79.9. The Morgan fingerprint density at radius 1 is 0.795 bits per heavy atom. The largest absolute Gasteiger partial charge is 0.354 e. The summed E-state index contributed by atoms with van der Waals surface area (Å²) in [5, 5.41) is 2.96. The zero-order valence-electron chi connectivity index (χ0n) is 24.6. The average molecular weight is 742 g/mol. The van der Waals surface area contributed by atoms with Crippen LogP contribution in [0.4, 0.5) is 5.69 Å². The number of rotatable bonds is 13. The van der Waals surface area contributed by atoms with Crippen LogP contribution in [0.15, 0.2) is 117 Å².